The van der Waals surface area contributed by atoms with Crippen LogP contribution in [0.4, 0.5) is 0 Å². The molecule has 1 atom stereocenters. The van der Waals surface area contributed by atoms with Gasteiger partial charge in [0.15, 0.2) is 15.6 Å². The van der Waals surface area contributed by atoms with E-state index in [9.17, 15) is 13.2 Å². The Balaban J connectivity index is 2.63. The predicted octanol–water partition coefficient (Wildman–Crippen LogP) is 1.92. The van der Waals surface area contributed by atoms with E-state index in [1.165, 1.54) is 11.3 Å². The Hall–Kier alpha value is -0.720. The molecule has 0 amide bonds. The highest BCUT2D eigenvalue weighted by molar-refractivity contribution is 7.92. The second kappa shape index (κ2) is 5.50. The Kier molecular flexibility index (Phi) is 4.69. The molecule has 0 saturated heterocycles. The molecule has 0 aliphatic rings. The number of hydrogen-bond acceptors (Lipinski definition) is 5. The third-order valence-corrected chi connectivity index (χ3v) is 6.31. The molecule has 0 aromatic carbocycles. The van der Waals surface area contributed by atoms with Crippen LogP contribution in [0.1, 0.15) is 38.1 Å². The van der Waals surface area contributed by atoms with Crippen molar-refractivity contribution < 1.29 is 13.2 Å². The van der Waals surface area contributed by atoms with Crippen LogP contribution in [0.15, 0.2) is 17.5 Å². The van der Waals surface area contributed by atoms with Gasteiger partial charge in [0.1, 0.15) is 0 Å². The van der Waals surface area contributed by atoms with Gasteiger partial charge in [0.25, 0.3) is 0 Å². The summed E-state index contributed by atoms with van der Waals surface area (Å²) >= 11 is 1.40. The van der Waals surface area contributed by atoms with E-state index in [1.807, 2.05) is 11.4 Å². The van der Waals surface area contributed by atoms with Gasteiger partial charge in [-0.3, -0.25) is 4.79 Å². The number of Topliss-reactive ketones (excluding diaryl/α,β-unsaturated/α-hetero) is 1. The molecule has 0 spiro atoms. The molecule has 1 heterocycles. The van der Waals surface area contributed by atoms with Crippen molar-refractivity contribution in [1.29, 1.82) is 0 Å². The zero-order valence-corrected chi connectivity index (χ0v) is 12.5. The summed E-state index contributed by atoms with van der Waals surface area (Å²) < 4.78 is 22.9. The summed E-state index contributed by atoms with van der Waals surface area (Å²) in [6.07, 6.45) is -0.0291. The number of rotatable bonds is 5. The van der Waals surface area contributed by atoms with Gasteiger partial charge in [-0.2, -0.15) is 0 Å². The monoisotopic (exact) mass is 289 g/mol. The summed E-state index contributed by atoms with van der Waals surface area (Å²) in [5.41, 5.74) is 5.79. The van der Waals surface area contributed by atoms with Crippen LogP contribution in [0.3, 0.4) is 0 Å². The third-order valence-electron chi connectivity index (χ3n) is 2.75. The second-order valence-electron chi connectivity index (χ2n) is 5.14. The fourth-order valence-electron chi connectivity index (χ4n) is 1.32. The van der Waals surface area contributed by atoms with Crippen LogP contribution in [0.25, 0.3) is 0 Å². The molecule has 18 heavy (non-hydrogen) atoms. The molecule has 6 heteroatoms. The lowest BCUT2D eigenvalue weighted by molar-refractivity contribution is -0.120. The molecule has 1 aromatic heterocycles. The average molecular weight is 289 g/mol. The van der Waals surface area contributed by atoms with E-state index in [-0.39, 0.29) is 18.0 Å². The Bertz CT molecular complexity index is 498. The summed E-state index contributed by atoms with van der Waals surface area (Å²) in [5.74, 6) is -0.376. The molecule has 0 aliphatic heterocycles. The topological polar surface area (TPSA) is 77.2 Å². The Morgan fingerprint density at radius 2 is 2.06 bits per heavy atom. The van der Waals surface area contributed by atoms with Gasteiger partial charge in [-0.1, -0.05) is 6.07 Å². The Morgan fingerprint density at radius 3 is 2.50 bits per heavy atom. The molecule has 0 radical (unpaired) electrons. The number of nitrogens with two attached hydrogens (primary N) is 1. The first-order valence-corrected chi connectivity index (χ1v) is 8.22. The maximum atomic E-state index is 11.9. The number of ketones is 1. The number of carbonyl (C=O) groups excluding carboxylic acids is 1. The van der Waals surface area contributed by atoms with E-state index in [0.717, 1.165) is 4.88 Å². The third kappa shape index (κ3) is 3.63. The van der Waals surface area contributed by atoms with Crippen LogP contribution in [-0.2, 0) is 14.6 Å². The lowest BCUT2D eigenvalue weighted by Crippen LogP contribution is -2.32. The van der Waals surface area contributed by atoms with Gasteiger partial charge in [0.2, 0.25) is 0 Å². The molecule has 1 aromatic rings. The highest BCUT2D eigenvalue weighted by Gasteiger charge is 2.30. The van der Waals surface area contributed by atoms with Gasteiger partial charge in [-0.25, -0.2) is 8.42 Å². The smallest absolute Gasteiger partial charge is 0.155 e. The lowest BCUT2D eigenvalue weighted by atomic mass is 10.1. The molecule has 0 fully saturated rings. The molecule has 2 N–H and O–H groups in total. The van der Waals surface area contributed by atoms with Gasteiger partial charge in [0, 0.05) is 11.3 Å². The van der Waals surface area contributed by atoms with E-state index in [1.54, 1.807) is 26.8 Å². The van der Waals surface area contributed by atoms with Crippen LogP contribution in [0.5, 0.6) is 0 Å². The fourth-order valence-corrected chi connectivity index (χ4v) is 3.16. The van der Waals surface area contributed by atoms with E-state index in [0.29, 0.717) is 0 Å². The molecule has 0 saturated carbocycles. The van der Waals surface area contributed by atoms with Gasteiger partial charge < -0.3 is 5.73 Å². The van der Waals surface area contributed by atoms with Gasteiger partial charge in [0.05, 0.1) is 16.5 Å². The minimum absolute atomic E-state index is 0.0291. The van der Waals surface area contributed by atoms with Crippen LogP contribution in [0, 0.1) is 0 Å². The zero-order chi connectivity index (χ0) is 14.0. The maximum Gasteiger partial charge on any atom is 0.155 e. The van der Waals surface area contributed by atoms with Gasteiger partial charge >= 0.3 is 0 Å². The number of hydrogen-bond donors (Lipinski definition) is 1. The molecule has 1 unspecified atom stereocenters. The van der Waals surface area contributed by atoms with Gasteiger partial charge in [-0.05, 0) is 32.2 Å². The van der Waals surface area contributed by atoms with Crippen molar-refractivity contribution in [2.45, 2.75) is 38.0 Å². The maximum absolute atomic E-state index is 11.9. The van der Waals surface area contributed by atoms with Gasteiger partial charge in [-0.15, -0.1) is 11.3 Å². The first kappa shape index (κ1) is 15.3. The first-order chi connectivity index (χ1) is 8.15. The molecular weight excluding hydrogens is 270 g/mol. The second-order valence-corrected chi connectivity index (χ2v) is 8.98. The number of thiophene rings is 1. The van der Waals surface area contributed by atoms with E-state index in [2.05, 4.69) is 0 Å². The average Bonchev–Trinajstić information content (AvgIpc) is 2.76. The van der Waals surface area contributed by atoms with E-state index >= 15 is 0 Å². The molecule has 102 valence electrons. The van der Waals surface area contributed by atoms with Crippen molar-refractivity contribution in [1.82, 2.24) is 0 Å². The Morgan fingerprint density at radius 1 is 1.44 bits per heavy atom. The Labute approximate surface area is 112 Å². The molecule has 0 bridgehead atoms. The summed E-state index contributed by atoms with van der Waals surface area (Å²) in [6, 6.07) is 2.89. The van der Waals surface area contributed by atoms with Crippen molar-refractivity contribution in [2.75, 3.05) is 5.75 Å². The predicted molar refractivity (Wildman–Crippen MR) is 74.4 cm³/mol. The standard InChI is InChI=1S/C12H19NO3S2/c1-12(2,3)18(15,16)8-6-9(14)11(13)10-5-4-7-17-10/h4-5,7,11H,6,8,13H2,1-3H3. The quantitative estimate of drug-likeness (QED) is 0.898. The van der Waals surface area contributed by atoms with E-state index in [4.69, 9.17) is 5.73 Å². The number of carbonyl (C=O) groups is 1. The van der Waals surface area contributed by atoms with Crippen LogP contribution >= 0.6 is 11.3 Å². The number of sulfone groups is 1. The van der Waals surface area contributed by atoms with Crippen LogP contribution in [-0.4, -0.2) is 24.7 Å². The van der Waals surface area contributed by atoms with Crippen molar-refractivity contribution in [3.05, 3.63) is 22.4 Å². The SMILES string of the molecule is CC(C)(C)S(=O)(=O)CCC(=O)C(N)c1cccs1. The van der Waals surface area contributed by atoms with Crippen LogP contribution < -0.4 is 5.73 Å². The van der Waals surface area contributed by atoms with Crippen molar-refractivity contribution in [3.63, 3.8) is 0 Å². The highest BCUT2D eigenvalue weighted by Crippen LogP contribution is 2.21. The normalized spacial score (nSPS) is 14.4. The van der Waals surface area contributed by atoms with Crippen molar-refractivity contribution >= 4 is 27.0 Å². The minimum Gasteiger partial charge on any atom is -0.317 e. The summed E-state index contributed by atoms with van der Waals surface area (Å²) in [7, 11) is -3.27. The molecule has 0 aliphatic carbocycles. The fraction of sp³-hybridized carbons (Fsp3) is 0.583. The molecule has 1 rings (SSSR count). The molecule has 4 nitrogen and oxygen atoms in total. The minimum atomic E-state index is -3.27. The van der Waals surface area contributed by atoms with Crippen molar-refractivity contribution in [3.8, 4) is 0 Å². The lowest BCUT2D eigenvalue weighted by Gasteiger charge is -2.19. The summed E-state index contributed by atoms with van der Waals surface area (Å²) in [4.78, 5) is 12.6. The summed E-state index contributed by atoms with van der Waals surface area (Å²) in [5, 5.41) is 1.84. The van der Waals surface area contributed by atoms with Crippen molar-refractivity contribution in [2.24, 2.45) is 5.73 Å². The molecular formula is C12H19NO3S2. The zero-order valence-electron chi connectivity index (χ0n) is 10.8. The largest absolute Gasteiger partial charge is 0.317 e. The summed E-state index contributed by atoms with van der Waals surface area (Å²) in [6.45, 7) is 4.89. The van der Waals surface area contributed by atoms with Crippen LogP contribution in [0.2, 0.25) is 0 Å². The first-order valence-electron chi connectivity index (χ1n) is 5.69. The highest BCUT2D eigenvalue weighted by atomic mass is 32.2. The van der Waals surface area contributed by atoms with E-state index < -0.39 is 20.6 Å².